The number of methoxy groups -OCH3 is 3. The molecule has 0 fully saturated rings. The number of carbonyl (C=O) groups is 8. The Labute approximate surface area is 648 Å². The molecule has 565 valence electrons. The third-order valence-corrected chi connectivity index (χ3v) is 13.2. The van der Waals surface area contributed by atoms with Gasteiger partial charge in [-0.15, -0.1) is 11.6 Å². The van der Waals surface area contributed by atoms with E-state index in [1.54, 1.807) is 72.8 Å². The number of alkyl halides is 7. The second kappa shape index (κ2) is 51.0. The zero-order valence-corrected chi connectivity index (χ0v) is 60.2. The van der Waals surface area contributed by atoms with Crippen molar-refractivity contribution in [2.75, 3.05) is 40.3 Å². The standard InChI is InChI=1S/C13H14ClNO4.C11H9ClF3N3O2.C11H7ClF3N3O2.C10H8ClN3O3.C7H7ClN2O.C4H5NO3.C3H5ClO2.2CH4.B.Na.H2.H/c1-19-12(17)7-6-11(16)8-15-13(18)9-2-4-10(14)5-3-9;2*12-7-3-1-6(2-4-7)9-16-17-10(20)18(9)5-8(19)11(13,14)15;11-7-3-1-6(2-4-7)9-12-13-10(17)14(9)5-8(15)16;8-6-3-1-5(2-4-6)7(11)10-9;1-8-4(7)2-5-3-6;1-6-3(5)2-4;;;;;;/h2-5H,6-8H2,1H3,(H,15,18);1-4,8,19H,5H2,(H,17,20);1-4H,5H2,(H,17,20);1-4H,5H2,(H,13,17)(H,15,16);1-4H,9H2,(H,10,11);2H2,1H3;2H2,1H3;2*1H4;;;1H;/q;;;;;;;;;;+1;;-1/i;;;;;;;;;;;1+1;. The fraction of sp³-hybridized carbons (Fsp3) is 0.262. The van der Waals surface area contributed by atoms with Gasteiger partial charge in [0.1, 0.15) is 19.0 Å². The van der Waals surface area contributed by atoms with Crippen LogP contribution >= 0.6 is 69.6 Å². The Bertz CT molecular complexity index is 4290. The summed E-state index contributed by atoms with van der Waals surface area (Å²) in [6, 6.07) is 31.4. The Morgan fingerprint density at radius 2 is 0.933 bits per heavy atom. The number of nitrogens with two attached hydrogens (primary N) is 1. The first-order valence-electron chi connectivity index (χ1n) is 27.5. The number of nitrogens with zero attached hydrogens (tertiary/aromatic N) is 7. The van der Waals surface area contributed by atoms with Gasteiger partial charge >= 0.3 is 82.9 Å². The van der Waals surface area contributed by atoms with Crippen LogP contribution in [0.3, 0.4) is 0 Å². The van der Waals surface area contributed by atoms with Gasteiger partial charge in [0.2, 0.25) is 6.08 Å². The monoisotopic (exact) mass is 1610 g/mol. The maximum absolute atomic E-state index is 12.3. The summed E-state index contributed by atoms with van der Waals surface area (Å²) in [5.74, 6) is -0.364. The van der Waals surface area contributed by atoms with E-state index in [2.05, 4.69) is 50.0 Å². The molecule has 0 bridgehead atoms. The molecule has 3 radical (unpaired) electrons. The van der Waals surface area contributed by atoms with E-state index in [0.717, 1.165) is 9.13 Å². The van der Waals surface area contributed by atoms with Gasteiger partial charge in [0.05, 0.1) is 47.4 Å². The van der Waals surface area contributed by atoms with Gasteiger partial charge in [0.25, 0.3) is 17.6 Å². The van der Waals surface area contributed by atoms with Crippen LogP contribution in [-0.2, 0) is 67.4 Å². The van der Waals surface area contributed by atoms with Gasteiger partial charge in [-0.3, -0.25) is 57.5 Å². The maximum Gasteiger partial charge on any atom is 1.00 e. The molecule has 0 saturated heterocycles. The Morgan fingerprint density at radius 1 is 0.590 bits per heavy atom. The van der Waals surface area contributed by atoms with Crippen molar-refractivity contribution < 1.29 is 126 Å². The van der Waals surface area contributed by atoms with E-state index in [1.165, 1.54) is 75.9 Å². The van der Waals surface area contributed by atoms with Crippen molar-refractivity contribution >= 4 is 131 Å². The van der Waals surface area contributed by atoms with Crippen molar-refractivity contribution in [2.45, 2.75) is 65.8 Å². The van der Waals surface area contributed by atoms with Gasteiger partial charge in [-0.25, -0.2) is 40.3 Å². The number of carboxylic acid groups (broad SMARTS) is 1. The number of aliphatic hydroxyl groups excluding tert-OH is 1. The Balaban J connectivity index is -0.000000385. The van der Waals surface area contributed by atoms with Gasteiger partial charge in [-0.05, 0) is 121 Å². The number of hydrogen-bond acceptors (Lipinski definition) is 21. The number of hydrazine groups is 1. The number of halogens is 12. The van der Waals surface area contributed by atoms with Gasteiger partial charge in [-0.2, -0.15) is 46.6 Å². The normalized spacial score (nSPS) is 10.2. The summed E-state index contributed by atoms with van der Waals surface area (Å²) < 4.78 is 88.9. The Kier molecular flexibility index (Phi) is 48.6. The number of ketones is 2. The minimum atomic E-state index is -5.01. The molecule has 5 aromatic carbocycles. The number of rotatable bonds is 19. The molecule has 3 aromatic heterocycles. The molecule has 0 aliphatic heterocycles. The number of benzene rings is 5. The van der Waals surface area contributed by atoms with E-state index < -0.39 is 84.8 Å². The average molecular weight is 1610 g/mol. The maximum atomic E-state index is 12.3. The van der Waals surface area contributed by atoms with Crippen LogP contribution in [0.2, 0.25) is 25.1 Å². The Hall–Kier alpha value is -9.24. The summed E-state index contributed by atoms with van der Waals surface area (Å²) in [5.41, 5.74) is 2.04. The number of aromatic nitrogens is 9. The number of aliphatic hydroxyl groups is 1. The molecule has 105 heavy (non-hydrogen) atoms. The van der Waals surface area contributed by atoms with Crippen LogP contribution < -0.4 is 63.2 Å². The number of carboxylic acids is 1. The summed E-state index contributed by atoms with van der Waals surface area (Å²) in [5, 5.41) is 40.1. The molecular weight excluding hydrogens is 1550 g/mol. The predicted octanol–water partition coefficient (Wildman–Crippen LogP) is 5.50. The molecule has 1 atom stereocenters. The number of nitrogen functional groups attached to an aromatic ring is 1. The number of nitrogens with one attached hydrogen (secondary N) is 5. The van der Waals surface area contributed by atoms with Crippen LogP contribution in [0.1, 0.15) is 51.3 Å². The van der Waals surface area contributed by atoms with Crippen molar-refractivity contribution in [2.24, 2.45) is 10.8 Å². The number of amides is 2. The van der Waals surface area contributed by atoms with Crippen LogP contribution in [0, 0.1) is 0 Å². The molecule has 0 saturated carbocycles. The van der Waals surface area contributed by atoms with Crippen LogP contribution in [-0.4, -0.2) is 175 Å². The van der Waals surface area contributed by atoms with Crippen molar-refractivity contribution in [3.63, 3.8) is 0 Å². The number of carbonyl (C=O) groups excluding carboxylic acids is 8. The first-order chi connectivity index (χ1) is 47.5. The molecular formula is C61H66BCl6F6N13NaO17. The molecule has 8 rings (SSSR count). The minimum absolute atomic E-state index is 0. The number of H-pyrrole nitrogens is 3. The first-order valence-corrected chi connectivity index (χ1v) is 29.9. The summed E-state index contributed by atoms with van der Waals surface area (Å²) in [7, 11) is 3.78. The molecule has 0 aliphatic rings. The number of esters is 3. The third kappa shape index (κ3) is 37.3. The average Bonchev–Trinajstić information content (AvgIpc) is 1.72. The largest absolute Gasteiger partial charge is 1.00 e. The number of Topliss-reactive ketones (excluding diaryl/α,β-unsaturated/α-hetero) is 2. The predicted molar refractivity (Wildman–Crippen MR) is 374 cm³/mol. The van der Waals surface area contributed by atoms with Crippen molar-refractivity contribution in [1.82, 2.24) is 55.0 Å². The van der Waals surface area contributed by atoms with Crippen LogP contribution in [0.15, 0.2) is 141 Å². The number of aromatic amines is 3. The smallest absolute Gasteiger partial charge is 1.00 e. The van der Waals surface area contributed by atoms with Gasteiger partial charge < -0.3 is 31.2 Å². The second-order valence-corrected chi connectivity index (χ2v) is 21.2. The quantitative estimate of drug-likeness (QED) is 0.00473. The van der Waals surface area contributed by atoms with Crippen LogP contribution in [0.25, 0.3) is 34.2 Å². The van der Waals surface area contributed by atoms with E-state index in [0.29, 0.717) is 57.5 Å². The molecule has 0 aliphatic carbocycles. The molecule has 0 spiro atoms. The molecule has 2 amide bonds. The topological polar surface area (TPSA) is 436 Å². The van der Waals surface area contributed by atoms with Gasteiger partial charge in [-0.1, -0.05) is 72.9 Å². The zero-order valence-electron chi connectivity index (χ0n) is 54.6. The summed E-state index contributed by atoms with van der Waals surface area (Å²) in [4.78, 5) is 133. The van der Waals surface area contributed by atoms with Crippen LogP contribution in [0.4, 0.5) is 26.3 Å². The first kappa shape index (κ1) is 99.9. The van der Waals surface area contributed by atoms with Crippen molar-refractivity contribution in [1.29, 1.82) is 0 Å². The summed E-state index contributed by atoms with van der Waals surface area (Å²) in [6.45, 7) is -2.85. The molecule has 9 N–H and O–H groups in total. The number of isocyanates is 1. The van der Waals surface area contributed by atoms with Gasteiger partial charge in [0.15, 0.2) is 29.4 Å². The summed E-state index contributed by atoms with van der Waals surface area (Å²) in [6.07, 6.45) is -11.2. The minimum Gasteiger partial charge on any atom is -1.00 e. The van der Waals surface area contributed by atoms with Crippen LogP contribution in [0.5, 0.6) is 0 Å². The third-order valence-electron chi connectivity index (χ3n) is 11.7. The van der Waals surface area contributed by atoms with Crippen molar-refractivity contribution in [3.05, 3.63) is 189 Å². The summed E-state index contributed by atoms with van der Waals surface area (Å²) >= 11 is 33.4. The number of hydrogen-bond donors (Lipinski definition) is 8. The van der Waals surface area contributed by atoms with E-state index in [1.807, 2.05) is 10.5 Å². The molecule has 8 aromatic rings. The fourth-order valence-corrected chi connectivity index (χ4v) is 7.47. The number of aliphatic imine (C=N–C) groups is 1. The number of aliphatic carboxylic acids is 1. The van der Waals surface area contributed by atoms with E-state index in [4.69, 9.17) is 85.7 Å². The van der Waals surface area contributed by atoms with Gasteiger partial charge in [0, 0.05) is 69.2 Å². The Morgan fingerprint density at radius 3 is 1.25 bits per heavy atom. The zero-order chi connectivity index (χ0) is 76.2. The van der Waals surface area contributed by atoms with E-state index in [9.17, 15) is 83.9 Å². The molecule has 44 heteroatoms. The molecule has 1 unspecified atom stereocenters. The van der Waals surface area contributed by atoms with E-state index in [-0.39, 0.29) is 123 Å². The van der Waals surface area contributed by atoms with E-state index >= 15 is 0 Å². The second-order valence-electron chi connectivity index (χ2n) is 18.7. The number of ether oxygens (including phenoxy) is 3. The van der Waals surface area contributed by atoms with Crippen molar-refractivity contribution in [3.8, 4) is 34.2 Å². The molecule has 30 nitrogen and oxygen atoms in total. The SMILES string of the molecule is C.C.COC(=O)CCC(=O)CNC(=O)c1ccc(Cl)cc1.COC(=O)CCl.COC(=O)CN=C=O.NNC(=O)c1ccc(Cl)cc1.O=C(Cn1c(-c2ccc(Cl)cc2)n[nH]c1=O)C(F)(F)F.O=C(O)Cn1c(-c2ccc(Cl)cc2)n[nH]c1=O.O=c1[nH]nc(-c2ccc(Cl)cc2)n1CC(O)C(F)(F)F.[2HH].[B].[H-].[Na+]. The molecule has 3 heterocycles. The fourth-order valence-electron chi connectivity index (χ4n) is 6.73.